The Morgan fingerprint density at radius 3 is 2.37 bits per heavy atom. The Kier molecular flexibility index (Phi) is 4.61. The highest BCUT2D eigenvalue weighted by Crippen LogP contribution is 2.29. The standard InChI is InChI=1S/C16H18BrNO/c1-11-8-15(9-12(2)16(11)17)19-14-5-3-4-13(10-14)6-7-18/h3-5,8-10H,6-7,18H2,1-2H3. The molecule has 0 unspecified atom stereocenters. The molecule has 2 aromatic carbocycles. The number of hydrogen-bond acceptors (Lipinski definition) is 2. The summed E-state index contributed by atoms with van der Waals surface area (Å²) in [4.78, 5) is 0. The van der Waals surface area contributed by atoms with Gasteiger partial charge in [-0.15, -0.1) is 0 Å². The second-order valence-electron chi connectivity index (χ2n) is 4.66. The van der Waals surface area contributed by atoms with E-state index < -0.39 is 0 Å². The zero-order chi connectivity index (χ0) is 13.8. The largest absolute Gasteiger partial charge is 0.457 e. The van der Waals surface area contributed by atoms with Crippen LogP contribution in [0.25, 0.3) is 0 Å². The normalized spacial score (nSPS) is 10.5. The van der Waals surface area contributed by atoms with Crippen LogP contribution in [0.3, 0.4) is 0 Å². The molecule has 0 aliphatic rings. The summed E-state index contributed by atoms with van der Waals surface area (Å²) in [5, 5.41) is 0. The Balaban J connectivity index is 2.23. The van der Waals surface area contributed by atoms with E-state index in [1.54, 1.807) is 0 Å². The maximum absolute atomic E-state index is 5.92. The summed E-state index contributed by atoms with van der Waals surface area (Å²) >= 11 is 3.56. The van der Waals surface area contributed by atoms with Crippen LogP contribution in [0.1, 0.15) is 16.7 Å². The van der Waals surface area contributed by atoms with E-state index in [1.807, 2.05) is 30.3 Å². The maximum Gasteiger partial charge on any atom is 0.128 e. The summed E-state index contributed by atoms with van der Waals surface area (Å²) in [6.45, 7) is 4.78. The van der Waals surface area contributed by atoms with Crippen LogP contribution in [-0.2, 0) is 6.42 Å². The van der Waals surface area contributed by atoms with E-state index in [0.29, 0.717) is 6.54 Å². The Bertz CT molecular complexity index is 558. The monoisotopic (exact) mass is 319 g/mol. The van der Waals surface area contributed by atoms with E-state index in [1.165, 1.54) is 16.7 Å². The summed E-state index contributed by atoms with van der Waals surface area (Å²) in [6, 6.07) is 12.1. The zero-order valence-corrected chi connectivity index (χ0v) is 12.8. The van der Waals surface area contributed by atoms with Crippen molar-refractivity contribution in [1.82, 2.24) is 0 Å². The number of hydrogen-bond donors (Lipinski definition) is 1. The van der Waals surface area contributed by atoms with Crippen molar-refractivity contribution in [2.24, 2.45) is 5.73 Å². The third kappa shape index (κ3) is 3.58. The number of rotatable bonds is 4. The summed E-state index contributed by atoms with van der Waals surface area (Å²) in [7, 11) is 0. The van der Waals surface area contributed by atoms with Crippen molar-refractivity contribution >= 4 is 15.9 Å². The predicted octanol–water partition coefficient (Wildman–Crippen LogP) is 4.36. The van der Waals surface area contributed by atoms with Crippen molar-refractivity contribution in [3.05, 3.63) is 57.6 Å². The van der Waals surface area contributed by atoms with Crippen LogP contribution in [-0.4, -0.2) is 6.54 Å². The van der Waals surface area contributed by atoms with E-state index in [0.717, 1.165) is 22.4 Å². The van der Waals surface area contributed by atoms with Gasteiger partial charge in [0.05, 0.1) is 0 Å². The van der Waals surface area contributed by atoms with Crippen LogP contribution in [0.4, 0.5) is 0 Å². The molecular weight excluding hydrogens is 302 g/mol. The van der Waals surface area contributed by atoms with Crippen LogP contribution in [0.5, 0.6) is 11.5 Å². The first-order chi connectivity index (χ1) is 9.10. The van der Waals surface area contributed by atoms with Gasteiger partial charge in [0.2, 0.25) is 0 Å². The number of aryl methyl sites for hydroxylation is 2. The number of ether oxygens (including phenoxy) is 1. The smallest absolute Gasteiger partial charge is 0.128 e. The van der Waals surface area contributed by atoms with Gasteiger partial charge in [-0.05, 0) is 67.8 Å². The third-order valence-corrected chi connectivity index (χ3v) is 4.23. The third-order valence-electron chi connectivity index (χ3n) is 2.98. The van der Waals surface area contributed by atoms with E-state index in [-0.39, 0.29) is 0 Å². The molecule has 2 rings (SSSR count). The van der Waals surface area contributed by atoms with Crippen molar-refractivity contribution in [2.45, 2.75) is 20.3 Å². The summed E-state index contributed by atoms with van der Waals surface area (Å²) in [5.74, 6) is 1.72. The lowest BCUT2D eigenvalue weighted by atomic mass is 10.1. The van der Waals surface area contributed by atoms with Gasteiger partial charge in [-0.3, -0.25) is 0 Å². The average Bonchev–Trinajstić information content (AvgIpc) is 2.37. The second kappa shape index (κ2) is 6.22. The average molecular weight is 320 g/mol. The lowest BCUT2D eigenvalue weighted by Crippen LogP contribution is -2.02. The van der Waals surface area contributed by atoms with Crippen molar-refractivity contribution in [3.63, 3.8) is 0 Å². The topological polar surface area (TPSA) is 35.2 Å². The minimum absolute atomic E-state index is 0.653. The summed E-state index contributed by atoms with van der Waals surface area (Å²) in [6.07, 6.45) is 0.871. The first-order valence-electron chi connectivity index (χ1n) is 6.34. The molecule has 19 heavy (non-hydrogen) atoms. The number of halogens is 1. The molecule has 0 aliphatic heterocycles. The van der Waals surface area contributed by atoms with Crippen LogP contribution in [0.15, 0.2) is 40.9 Å². The molecule has 0 bridgehead atoms. The summed E-state index contributed by atoms with van der Waals surface area (Å²) in [5.41, 5.74) is 9.12. The van der Waals surface area contributed by atoms with Gasteiger partial charge in [0.1, 0.15) is 11.5 Å². The van der Waals surface area contributed by atoms with Crippen LogP contribution in [0, 0.1) is 13.8 Å². The molecule has 0 saturated heterocycles. The van der Waals surface area contributed by atoms with Crippen LogP contribution >= 0.6 is 15.9 Å². The van der Waals surface area contributed by atoms with Gasteiger partial charge in [-0.25, -0.2) is 0 Å². The van der Waals surface area contributed by atoms with Gasteiger partial charge in [-0.2, -0.15) is 0 Å². The minimum atomic E-state index is 0.653. The molecule has 2 aromatic rings. The van der Waals surface area contributed by atoms with E-state index >= 15 is 0 Å². The molecule has 0 aromatic heterocycles. The molecule has 0 aliphatic carbocycles. The molecule has 0 saturated carbocycles. The molecule has 0 radical (unpaired) electrons. The van der Waals surface area contributed by atoms with Crippen LogP contribution < -0.4 is 10.5 Å². The van der Waals surface area contributed by atoms with Gasteiger partial charge < -0.3 is 10.5 Å². The lowest BCUT2D eigenvalue weighted by Gasteiger charge is -2.10. The Labute approximate surface area is 122 Å². The molecule has 0 atom stereocenters. The fraction of sp³-hybridized carbons (Fsp3) is 0.250. The Morgan fingerprint density at radius 2 is 1.74 bits per heavy atom. The number of benzene rings is 2. The molecule has 3 heteroatoms. The van der Waals surface area contributed by atoms with Gasteiger partial charge in [0, 0.05) is 4.47 Å². The molecule has 0 spiro atoms. The maximum atomic E-state index is 5.92. The fourth-order valence-electron chi connectivity index (χ4n) is 2.03. The van der Waals surface area contributed by atoms with Gasteiger partial charge >= 0.3 is 0 Å². The predicted molar refractivity (Wildman–Crippen MR) is 82.9 cm³/mol. The Hall–Kier alpha value is -1.32. The van der Waals surface area contributed by atoms with Crippen molar-refractivity contribution in [1.29, 1.82) is 0 Å². The molecule has 0 fully saturated rings. The summed E-state index contributed by atoms with van der Waals surface area (Å²) < 4.78 is 7.06. The van der Waals surface area contributed by atoms with Crippen molar-refractivity contribution in [3.8, 4) is 11.5 Å². The minimum Gasteiger partial charge on any atom is -0.457 e. The lowest BCUT2D eigenvalue weighted by molar-refractivity contribution is 0.481. The molecule has 2 N–H and O–H groups in total. The van der Waals surface area contributed by atoms with Crippen molar-refractivity contribution in [2.75, 3.05) is 6.54 Å². The van der Waals surface area contributed by atoms with Gasteiger partial charge in [-0.1, -0.05) is 28.1 Å². The van der Waals surface area contributed by atoms with Crippen LogP contribution in [0.2, 0.25) is 0 Å². The second-order valence-corrected chi connectivity index (χ2v) is 5.45. The van der Waals surface area contributed by atoms with Crippen molar-refractivity contribution < 1.29 is 4.74 Å². The molecule has 100 valence electrons. The SMILES string of the molecule is Cc1cc(Oc2cccc(CCN)c2)cc(C)c1Br. The van der Waals surface area contributed by atoms with E-state index in [9.17, 15) is 0 Å². The highest BCUT2D eigenvalue weighted by molar-refractivity contribution is 9.10. The fourth-order valence-corrected chi connectivity index (χ4v) is 2.26. The van der Waals surface area contributed by atoms with Gasteiger partial charge in [0.25, 0.3) is 0 Å². The van der Waals surface area contributed by atoms with E-state index in [4.69, 9.17) is 10.5 Å². The van der Waals surface area contributed by atoms with E-state index in [2.05, 4.69) is 35.8 Å². The quantitative estimate of drug-likeness (QED) is 0.908. The first kappa shape index (κ1) is 14.1. The molecule has 0 heterocycles. The zero-order valence-electron chi connectivity index (χ0n) is 11.2. The van der Waals surface area contributed by atoms with Gasteiger partial charge in [0.15, 0.2) is 0 Å². The first-order valence-corrected chi connectivity index (χ1v) is 7.13. The highest BCUT2D eigenvalue weighted by Gasteiger charge is 2.04. The molecule has 0 amide bonds. The number of nitrogens with two attached hydrogens (primary N) is 1. The molecule has 2 nitrogen and oxygen atoms in total. The highest BCUT2D eigenvalue weighted by atomic mass is 79.9. The Morgan fingerprint density at radius 1 is 1.05 bits per heavy atom. The molecular formula is C16H18BrNO.